The second kappa shape index (κ2) is 6.75. The van der Waals surface area contributed by atoms with Crippen LogP contribution in [0.2, 0.25) is 0 Å². The van der Waals surface area contributed by atoms with Crippen LogP contribution < -0.4 is 0 Å². The minimum Gasteiger partial charge on any atom is -0.302 e. The third kappa shape index (κ3) is 4.26. The van der Waals surface area contributed by atoms with Crippen LogP contribution in [-0.2, 0) is 0 Å². The molecular formula is C15H32N2. The van der Waals surface area contributed by atoms with Crippen molar-refractivity contribution in [1.29, 1.82) is 0 Å². The molecule has 102 valence electrons. The lowest BCUT2D eigenvalue weighted by atomic mass is 9.97. The zero-order valence-corrected chi connectivity index (χ0v) is 12.7. The van der Waals surface area contributed by atoms with Crippen LogP contribution in [0.25, 0.3) is 0 Å². The van der Waals surface area contributed by atoms with Crippen LogP contribution in [0.15, 0.2) is 0 Å². The van der Waals surface area contributed by atoms with Gasteiger partial charge in [0, 0.05) is 24.7 Å². The molecule has 0 bridgehead atoms. The van der Waals surface area contributed by atoms with Gasteiger partial charge in [0.15, 0.2) is 0 Å². The molecular weight excluding hydrogens is 208 g/mol. The van der Waals surface area contributed by atoms with E-state index in [0.29, 0.717) is 6.04 Å². The summed E-state index contributed by atoms with van der Waals surface area (Å²) < 4.78 is 0. The van der Waals surface area contributed by atoms with E-state index in [-0.39, 0.29) is 0 Å². The van der Waals surface area contributed by atoms with Crippen molar-refractivity contribution in [2.75, 3.05) is 20.1 Å². The van der Waals surface area contributed by atoms with E-state index < -0.39 is 0 Å². The van der Waals surface area contributed by atoms with Gasteiger partial charge in [-0.25, -0.2) is 0 Å². The van der Waals surface area contributed by atoms with Crippen LogP contribution >= 0.6 is 0 Å². The highest BCUT2D eigenvalue weighted by Crippen LogP contribution is 2.25. The molecule has 1 aliphatic rings. The summed E-state index contributed by atoms with van der Waals surface area (Å²) in [7, 11) is 2.30. The molecule has 0 aliphatic carbocycles. The van der Waals surface area contributed by atoms with Gasteiger partial charge >= 0.3 is 0 Å². The van der Waals surface area contributed by atoms with Gasteiger partial charge in [-0.3, -0.25) is 4.90 Å². The molecule has 1 aliphatic heterocycles. The lowest BCUT2D eigenvalue weighted by Crippen LogP contribution is -2.46. The smallest absolute Gasteiger partial charge is 0.0222 e. The number of likely N-dealkylation sites (tertiary alicyclic amines) is 1. The Morgan fingerprint density at radius 2 is 1.88 bits per heavy atom. The average Bonchev–Trinajstić information content (AvgIpc) is 2.37. The van der Waals surface area contributed by atoms with Gasteiger partial charge in [-0.15, -0.1) is 0 Å². The molecule has 1 saturated heterocycles. The third-order valence-corrected chi connectivity index (χ3v) is 4.27. The normalized spacial score (nSPS) is 32.1. The Balaban J connectivity index is 2.70. The Morgan fingerprint density at radius 1 is 1.24 bits per heavy atom. The van der Waals surface area contributed by atoms with Gasteiger partial charge in [0.05, 0.1) is 0 Å². The molecule has 1 heterocycles. The highest BCUT2D eigenvalue weighted by Gasteiger charge is 2.29. The van der Waals surface area contributed by atoms with Gasteiger partial charge in [-0.2, -0.15) is 0 Å². The molecule has 1 rings (SSSR count). The SMILES string of the molecule is CCCN(C)C1CC(C)CC(C)N(C(C)C)C1. The highest BCUT2D eigenvalue weighted by atomic mass is 15.2. The lowest BCUT2D eigenvalue weighted by molar-refractivity contribution is 0.119. The standard InChI is InChI=1S/C15H32N2/c1-7-8-16(6)15-10-13(4)9-14(5)17(11-15)12(2)3/h12-15H,7-11H2,1-6H3. The molecule has 0 spiro atoms. The van der Waals surface area contributed by atoms with Crippen molar-refractivity contribution >= 4 is 0 Å². The van der Waals surface area contributed by atoms with E-state index in [0.717, 1.165) is 18.0 Å². The molecule has 0 aromatic rings. The molecule has 0 aromatic heterocycles. The fourth-order valence-corrected chi connectivity index (χ4v) is 3.35. The van der Waals surface area contributed by atoms with E-state index in [2.05, 4.69) is 51.5 Å². The quantitative estimate of drug-likeness (QED) is 0.744. The number of hydrogen-bond acceptors (Lipinski definition) is 2. The maximum Gasteiger partial charge on any atom is 0.0222 e. The van der Waals surface area contributed by atoms with Crippen molar-refractivity contribution in [3.05, 3.63) is 0 Å². The number of likely N-dealkylation sites (N-methyl/N-ethyl adjacent to an activating group) is 1. The van der Waals surface area contributed by atoms with E-state index in [1.54, 1.807) is 0 Å². The minimum atomic E-state index is 0.674. The summed E-state index contributed by atoms with van der Waals surface area (Å²) in [5, 5.41) is 0. The monoisotopic (exact) mass is 240 g/mol. The van der Waals surface area contributed by atoms with Crippen molar-refractivity contribution in [3.8, 4) is 0 Å². The summed E-state index contributed by atoms with van der Waals surface area (Å²) >= 11 is 0. The van der Waals surface area contributed by atoms with E-state index in [1.165, 1.54) is 32.4 Å². The zero-order valence-electron chi connectivity index (χ0n) is 12.7. The number of rotatable bonds is 4. The molecule has 1 fully saturated rings. The summed E-state index contributed by atoms with van der Waals surface area (Å²) in [4.78, 5) is 5.27. The summed E-state index contributed by atoms with van der Waals surface area (Å²) in [6.45, 7) is 14.3. The Bertz CT molecular complexity index is 215. The number of hydrogen-bond donors (Lipinski definition) is 0. The fourth-order valence-electron chi connectivity index (χ4n) is 3.35. The van der Waals surface area contributed by atoms with Gasteiger partial charge in [-0.05, 0) is 59.5 Å². The van der Waals surface area contributed by atoms with E-state index in [9.17, 15) is 0 Å². The van der Waals surface area contributed by atoms with Crippen LogP contribution in [0.3, 0.4) is 0 Å². The van der Waals surface area contributed by atoms with Crippen molar-refractivity contribution in [2.24, 2.45) is 5.92 Å². The van der Waals surface area contributed by atoms with Gasteiger partial charge in [-0.1, -0.05) is 13.8 Å². The molecule has 2 heteroatoms. The first kappa shape index (κ1) is 15.0. The van der Waals surface area contributed by atoms with E-state index in [1.807, 2.05) is 0 Å². The first-order valence-electron chi connectivity index (χ1n) is 7.41. The minimum absolute atomic E-state index is 0.674. The Labute approximate surface area is 108 Å². The van der Waals surface area contributed by atoms with Crippen molar-refractivity contribution in [2.45, 2.75) is 72.0 Å². The summed E-state index contributed by atoms with van der Waals surface area (Å²) in [6.07, 6.45) is 3.98. The molecule has 17 heavy (non-hydrogen) atoms. The predicted octanol–water partition coefficient (Wildman–Crippen LogP) is 3.23. The summed E-state index contributed by atoms with van der Waals surface area (Å²) in [5.74, 6) is 0.859. The van der Waals surface area contributed by atoms with E-state index in [4.69, 9.17) is 0 Å². The molecule has 2 nitrogen and oxygen atoms in total. The van der Waals surface area contributed by atoms with E-state index >= 15 is 0 Å². The predicted molar refractivity (Wildman–Crippen MR) is 76.4 cm³/mol. The Kier molecular flexibility index (Phi) is 5.94. The molecule has 0 N–H and O–H groups in total. The van der Waals surface area contributed by atoms with Crippen LogP contribution in [0.1, 0.15) is 53.9 Å². The van der Waals surface area contributed by atoms with Crippen LogP contribution in [0.4, 0.5) is 0 Å². The maximum absolute atomic E-state index is 2.69. The van der Waals surface area contributed by atoms with Crippen LogP contribution in [-0.4, -0.2) is 48.1 Å². The fraction of sp³-hybridized carbons (Fsp3) is 1.00. The topological polar surface area (TPSA) is 6.48 Å². The first-order chi connectivity index (χ1) is 7.95. The zero-order chi connectivity index (χ0) is 13.0. The second-order valence-electron chi connectivity index (χ2n) is 6.35. The third-order valence-electron chi connectivity index (χ3n) is 4.27. The molecule has 0 radical (unpaired) electrons. The molecule has 0 saturated carbocycles. The average molecular weight is 240 g/mol. The van der Waals surface area contributed by atoms with Crippen molar-refractivity contribution in [3.63, 3.8) is 0 Å². The number of nitrogens with zero attached hydrogens (tertiary/aromatic N) is 2. The Morgan fingerprint density at radius 3 is 2.41 bits per heavy atom. The van der Waals surface area contributed by atoms with Crippen LogP contribution in [0, 0.1) is 5.92 Å². The van der Waals surface area contributed by atoms with Crippen LogP contribution in [0.5, 0.6) is 0 Å². The molecule has 3 unspecified atom stereocenters. The highest BCUT2D eigenvalue weighted by molar-refractivity contribution is 4.85. The first-order valence-corrected chi connectivity index (χ1v) is 7.41. The van der Waals surface area contributed by atoms with Crippen molar-refractivity contribution in [1.82, 2.24) is 9.80 Å². The van der Waals surface area contributed by atoms with Gasteiger partial charge in [0.1, 0.15) is 0 Å². The Hall–Kier alpha value is -0.0800. The molecule has 0 amide bonds. The maximum atomic E-state index is 2.69. The molecule has 3 atom stereocenters. The summed E-state index contributed by atoms with van der Waals surface area (Å²) in [5.41, 5.74) is 0. The largest absolute Gasteiger partial charge is 0.302 e. The van der Waals surface area contributed by atoms with Gasteiger partial charge < -0.3 is 4.90 Å². The lowest BCUT2D eigenvalue weighted by Gasteiger charge is -2.35. The second-order valence-corrected chi connectivity index (χ2v) is 6.35. The summed E-state index contributed by atoms with van der Waals surface area (Å²) in [6, 6.07) is 2.16. The van der Waals surface area contributed by atoms with Crippen molar-refractivity contribution < 1.29 is 0 Å². The van der Waals surface area contributed by atoms with Gasteiger partial charge in [0.25, 0.3) is 0 Å². The van der Waals surface area contributed by atoms with Gasteiger partial charge in [0.2, 0.25) is 0 Å². The molecule has 0 aromatic carbocycles.